The van der Waals surface area contributed by atoms with Crippen molar-refractivity contribution in [2.45, 2.75) is 86.2 Å². The summed E-state index contributed by atoms with van der Waals surface area (Å²) in [6.07, 6.45) is 5.06. The molecule has 0 bridgehead atoms. The first kappa shape index (κ1) is 20.5. The molecule has 2 heteroatoms. The Hall–Kier alpha value is -0.500. The van der Waals surface area contributed by atoms with Gasteiger partial charge in [0.2, 0.25) is 0 Å². The molecule has 1 unspecified atom stereocenters. The molecule has 1 rings (SSSR count). The van der Waals surface area contributed by atoms with Gasteiger partial charge in [-0.05, 0) is 91.0 Å². The third-order valence-corrected chi connectivity index (χ3v) is 5.68. The van der Waals surface area contributed by atoms with Gasteiger partial charge in [0.05, 0.1) is 0 Å². The Labute approximate surface area is 146 Å². The smallest absolute Gasteiger partial charge is 0.0312 e. The largest absolute Gasteiger partial charge is 0.373 e. The zero-order valence-corrected chi connectivity index (χ0v) is 17.5. The average molecular weight is 323 g/mol. The quantitative estimate of drug-likeness (QED) is 0.668. The normalized spacial score (nSPS) is 21.8. The monoisotopic (exact) mass is 322 g/mol. The van der Waals surface area contributed by atoms with Gasteiger partial charge in [-0.2, -0.15) is 0 Å². The SMILES string of the molecule is CC[C@H](CN(C)C(C)(C)C)C1=CN(C(C)(C)C)CCC1C(C)C. The van der Waals surface area contributed by atoms with Crippen molar-refractivity contribution in [3.8, 4) is 0 Å². The standard InChI is InChI=1S/C21H42N2/c1-11-17(14-22(10)20(4,5)6)19-15-23(21(7,8)9)13-12-18(19)16(2)3/h15-18H,11-14H2,1-10H3/t17-,18?/m1/s1. The third kappa shape index (κ3) is 5.52. The van der Waals surface area contributed by atoms with Crippen LogP contribution in [0.25, 0.3) is 0 Å². The Morgan fingerprint density at radius 2 is 1.74 bits per heavy atom. The summed E-state index contributed by atoms with van der Waals surface area (Å²) in [6, 6.07) is 0. The minimum absolute atomic E-state index is 0.224. The molecule has 1 aliphatic heterocycles. The third-order valence-electron chi connectivity index (χ3n) is 5.68. The molecule has 1 aliphatic rings. The van der Waals surface area contributed by atoms with Crippen molar-refractivity contribution in [3.63, 3.8) is 0 Å². The van der Waals surface area contributed by atoms with Crippen LogP contribution >= 0.6 is 0 Å². The molecule has 23 heavy (non-hydrogen) atoms. The van der Waals surface area contributed by atoms with E-state index in [1.807, 2.05) is 0 Å². The van der Waals surface area contributed by atoms with Gasteiger partial charge in [-0.15, -0.1) is 0 Å². The molecule has 0 fully saturated rings. The van der Waals surface area contributed by atoms with Crippen LogP contribution < -0.4 is 0 Å². The second kappa shape index (κ2) is 7.59. The lowest BCUT2D eigenvalue weighted by Crippen LogP contribution is -2.45. The van der Waals surface area contributed by atoms with Crippen molar-refractivity contribution in [3.05, 3.63) is 11.8 Å². The maximum atomic E-state index is 2.57. The summed E-state index contributed by atoms with van der Waals surface area (Å²) in [5, 5.41) is 0. The van der Waals surface area contributed by atoms with Crippen molar-refractivity contribution in [1.82, 2.24) is 9.80 Å². The van der Waals surface area contributed by atoms with Gasteiger partial charge in [0, 0.05) is 24.2 Å². The maximum absolute atomic E-state index is 2.57. The van der Waals surface area contributed by atoms with Crippen LogP contribution in [0.2, 0.25) is 0 Å². The summed E-state index contributed by atoms with van der Waals surface area (Å²) in [6.45, 7) is 23.4. The van der Waals surface area contributed by atoms with Crippen LogP contribution in [0, 0.1) is 17.8 Å². The van der Waals surface area contributed by atoms with E-state index in [1.54, 1.807) is 5.57 Å². The van der Waals surface area contributed by atoms with E-state index in [0.717, 1.165) is 18.4 Å². The Morgan fingerprint density at radius 1 is 1.17 bits per heavy atom. The molecule has 0 N–H and O–H groups in total. The van der Waals surface area contributed by atoms with Crippen LogP contribution in [-0.2, 0) is 0 Å². The van der Waals surface area contributed by atoms with Gasteiger partial charge in [0.25, 0.3) is 0 Å². The van der Waals surface area contributed by atoms with Crippen LogP contribution in [0.15, 0.2) is 11.8 Å². The van der Waals surface area contributed by atoms with Crippen molar-refractivity contribution in [1.29, 1.82) is 0 Å². The average Bonchev–Trinajstić information content (AvgIpc) is 2.41. The van der Waals surface area contributed by atoms with Gasteiger partial charge < -0.3 is 9.80 Å². The first-order chi connectivity index (χ1) is 10.4. The highest BCUT2D eigenvalue weighted by molar-refractivity contribution is 5.16. The molecule has 2 atom stereocenters. The van der Waals surface area contributed by atoms with E-state index in [9.17, 15) is 0 Å². The summed E-state index contributed by atoms with van der Waals surface area (Å²) >= 11 is 0. The summed E-state index contributed by atoms with van der Waals surface area (Å²) in [4.78, 5) is 5.09. The molecule has 0 aliphatic carbocycles. The van der Waals surface area contributed by atoms with Crippen LogP contribution in [0.5, 0.6) is 0 Å². The Bertz CT molecular complexity index is 395. The summed E-state index contributed by atoms with van der Waals surface area (Å²) in [5.41, 5.74) is 2.15. The predicted octanol–water partition coefficient (Wildman–Crippen LogP) is 5.40. The lowest BCUT2D eigenvalue weighted by Gasteiger charge is -2.45. The predicted molar refractivity (Wildman–Crippen MR) is 104 cm³/mol. The molecule has 136 valence electrons. The van der Waals surface area contributed by atoms with Crippen molar-refractivity contribution < 1.29 is 0 Å². The molecule has 0 aromatic carbocycles. The summed E-state index contributed by atoms with van der Waals surface area (Å²) < 4.78 is 0. The van der Waals surface area contributed by atoms with Crippen LogP contribution in [0.3, 0.4) is 0 Å². The second-order valence-electron chi connectivity index (χ2n) is 9.79. The first-order valence-electron chi connectivity index (χ1n) is 9.57. The second-order valence-corrected chi connectivity index (χ2v) is 9.79. The van der Waals surface area contributed by atoms with E-state index in [2.05, 4.69) is 85.4 Å². The molecule has 0 radical (unpaired) electrons. The Balaban J connectivity index is 3.09. The van der Waals surface area contributed by atoms with E-state index in [4.69, 9.17) is 0 Å². The highest BCUT2D eigenvalue weighted by Gasteiger charge is 2.33. The van der Waals surface area contributed by atoms with Crippen LogP contribution in [-0.4, -0.2) is 41.0 Å². The lowest BCUT2D eigenvalue weighted by molar-refractivity contribution is 0.133. The maximum Gasteiger partial charge on any atom is 0.0312 e. The molecule has 0 saturated heterocycles. The molecule has 0 amide bonds. The van der Waals surface area contributed by atoms with Gasteiger partial charge in [-0.1, -0.05) is 20.8 Å². The molecule has 1 heterocycles. The van der Waals surface area contributed by atoms with Crippen molar-refractivity contribution >= 4 is 0 Å². The van der Waals surface area contributed by atoms with Gasteiger partial charge in [0.15, 0.2) is 0 Å². The minimum atomic E-state index is 0.224. The van der Waals surface area contributed by atoms with Crippen LogP contribution in [0.4, 0.5) is 0 Å². The minimum Gasteiger partial charge on any atom is -0.373 e. The Morgan fingerprint density at radius 3 is 2.13 bits per heavy atom. The lowest BCUT2D eigenvalue weighted by atomic mass is 9.76. The molecule has 0 spiro atoms. The van der Waals surface area contributed by atoms with E-state index in [1.165, 1.54) is 19.4 Å². The van der Waals surface area contributed by atoms with E-state index >= 15 is 0 Å². The zero-order chi connectivity index (χ0) is 18.0. The summed E-state index contributed by atoms with van der Waals surface area (Å²) in [5.74, 6) is 2.14. The number of hydrogen-bond donors (Lipinski definition) is 0. The molecular weight excluding hydrogens is 280 g/mol. The fourth-order valence-electron chi connectivity index (χ4n) is 3.52. The van der Waals surface area contributed by atoms with Gasteiger partial charge in [-0.25, -0.2) is 0 Å². The van der Waals surface area contributed by atoms with Crippen molar-refractivity contribution in [2.75, 3.05) is 20.1 Å². The van der Waals surface area contributed by atoms with E-state index in [-0.39, 0.29) is 11.1 Å². The molecule has 0 saturated carbocycles. The Kier molecular flexibility index (Phi) is 6.78. The topological polar surface area (TPSA) is 6.48 Å². The van der Waals surface area contributed by atoms with Crippen molar-refractivity contribution in [2.24, 2.45) is 17.8 Å². The number of hydrogen-bond acceptors (Lipinski definition) is 2. The molecule has 0 aromatic rings. The van der Waals surface area contributed by atoms with E-state index < -0.39 is 0 Å². The van der Waals surface area contributed by atoms with E-state index in [0.29, 0.717) is 5.92 Å². The van der Waals surface area contributed by atoms with Gasteiger partial charge in [-0.3, -0.25) is 0 Å². The number of rotatable bonds is 5. The first-order valence-corrected chi connectivity index (χ1v) is 9.57. The van der Waals surface area contributed by atoms with Gasteiger partial charge in [0.1, 0.15) is 0 Å². The molecule has 2 nitrogen and oxygen atoms in total. The van der Waals surface area contributed by atoms with Crippen LogP contribution in [0.1, 0.15) is 75.2 Å². The zero-order valence-electron chi connectivity index (χ0n) is 17.5. The fourth-order valence-corrected chi connectivity index (χ4v) is 3.52. The highest BCUT2D eigenvalue weighted by atomic mass is 15.2. The number of nitrogens with zero attached hydrogens (tertiary/aromatic N) is 2. The highest BCUT2D eigenvalue weighted by Crippen LogP contribution is 2.37. The van der Waals surface area contributed by atoms with Gasteiger partial charge >= 0.3 is 0 Å². The molecular formula is C21H42N2. The molecule has 0 aromatic heterocycles. The summed E-state index contributed by atoms with van der Waals surface area (Å²) in [7, 11) is 2.28. The fraction of sp³-hybridized carbons (Fsp3) is 0.905.